The normalized spacial score (nSPS) is 17.3. The molecule has 6 N–H and O–H groups in total. The van der Waals surface area contributed by atoms with Crippen molar-refractivity contribution in [3.63, 3.8) is 0 Å². The molecule has 0 aromatic carbocycles. The summed E-state index contributed by atoms with van der Waals surface area (Å²) < 4.78 is 1.85. The Hall–Kier alpha value is -6.59. The first kappa shape index (κ1) is 41.2. The highest BCUT2D eigenvalue weighted by molar-refractivity contribution is 6.05. The number of aromatic nitrogens is 8. The number of carbonyl (C=O) groups excluding carboxylic acids is 4. The predicted molar refractivity (Wildman–Crippen MR) is 231 cm³/mol. The number of aromatic amines is 2. The smallest absolute Gasteiger partial charge is 0.255 e. The molecule has 2 saturated heterocycles. The number of nitrogens with one attached hydrogen (secondary N) is 6. The van der Waals surface area contributed by atoms with E-state index >= 15 is 0 Å². The molecule has 0 unspecified atom stereocenters. The number of fused-ring (bicyclic) bond motifs is 2. The summed E-state index contributed by atoms with van der Waals surface area (Å²) in [6, 6.07) is 2.50. The highest BCUT2D eigenvalue weighted by Gasteiger charge is 2.26. The van der Waals surface area contributed by atoms with Gasteiger partial charge in [0.2, 0.25) is 11.8 Å². The lowest BCUT2D eigenvalue weighted by atomic mass is 9.83. The number of likely N-dealkylation sites (tertiary alicyclic amines) is 2. The molecule has 2 saturated carbocycles. The minimum Gasteiger partial charge on any atom is -0.366 e. The topological polar surface area (TPSA) is 224 Å². The van der Waals surface area contributed by atoms with E-state index in [4.69, 9.17) is 0 Å². The Bertz CT molecular complexity index is 2410. The minimum atomic E-state index is -0.208. The molecule has 5 aromatic heterocycles. The number of aryl methyl sites for hydroxylation is 1. The van der Waals surface area contributed by atoms with Crippen molar-refractivity contribution in [1.29, 1.82) is 0 Å². The number of amides is 4. The van der Waals surface area contributed by atoms with Crippen LogP contribution in [0.4, 0.5) is 11.6 Å². The van der Waals surface area contributed by atoms with E-state index in [0.717, 1.165) is 43.6 Å². The summed E-state index contributed by atoms with van der Waals surface area (Å²) in [6.07, 6.45) is 18.7. The van der Waals surface area contributed by atoms with Crippen LogP contribution in [-0.4, -0.2) is 118 Å². The zero-order valence-electron chi connectivity index (χ0n) is 34.6. The predicted octanol–water partition coefficient (Wildman–Crippen LogP) is 4.16. The van der Waals surface area contributed by atoms with Crippen LogP contribution in [0.15, 0.2) is 56.2 Å². The number of carbonyl (C=O) groups is 4. The molecule has 4 amide bonds. The molecule has 0 bridgehead atoms. The SMILES string of the molecule is C=CC(=O)N1CCC(Nc2cnc3[nH]cc(C(=O)NCC4CC4)c3n2)CC1.C=CC(=O)N1CCC(Nc2cnc3[nH]cc(C(=O)NCc4cc(C5CCC5)nn4C)c3n2)CC1. The summed E-state index contributed by atoms with van der Waals surface area (Å²) in [5, 5.41) is 17.4. The lowest BCUT2D eigenvalue weighted by Gasteiger charge is -2.31. The number of piperidine rings is 2. The second-order valence-electron chi connectivity index (χ2n) is 16.4. The van der Waals surface area contributed by atoms with Gasteiger partial charge in [-0.05, 0) is 75.5 Å². The van der Waals surface area contributed by atoms with Crippen molar-refractivity contribution in [3.05, 3.63) is 78.7 Å². The highest BCUT2D eigenvalue weighted by Crippen LogP contribution is 2.35. The van der Waals surface area contributed by atoms with E-state index in [1.165, 1.54) is 44.3 Å². The highest BCUT2D eigenvalue weighted by atomic mass is 16.2. The van der Waals surface area contributed by atoms with Gasteiger partial charge in [0.05, 0.1) is 41.5 Å². The largest absolute Gasteiger partial charge is 0.366 e. The average Bonchev–Trinajstić information content (AvgIpc) is 3.67. The molecule has 61 heavy (non-hydrogen) atoms. The van der Waals surface area contributed by atoms with E-state index in [9.17, 15) is 19.2 Å². The number of hydrogen-bond acceptors (Lipinski definition) is 11. The second-order valence-corrected chi connectivity index (χ2v) is 16.4. The molecular formula is C43H54N14O4. The molecule has 2 aliphatic carbocycles. The maximum atomic E-state index is 12.9. The molecule has 0 spiro atoms. The summed E-state index contributed by atoms with van der Waals surface area (Å²) in [7, 11) is 1.91. The molecule has 320 valence electrons. The molecule has 18 heteroatoms. The van der Waals surface area contributed by atoms with Gasteiger partial charge < -0.3 is 41.0 Å². The van der Waals surface area contributed by atoms with Crippen LogP contribution in [0, 0.1) is 5.92 Å². The summed E-state index contributed by atoms with van der Waals surface area (Å²) in [6.45, 7) is 10.9. The van der Waals surface area contributed by atoms with Gasteiger partial charge >= 0.3 is 0 Å². The number of anilines is 2. The van der Waals surface area contributed by atoms with E-state index in [2.05, 4.69) is 75.5 Å². The van der Waals surface area contributed by atoms with Gasteiger partial charge in [-0.2, -0.15) is 5.10 Å². The van der Waals surface area contributed by atoms with E-state index in [0.29, 0.717) is 89.6 Å². The Morgan fingerprint density at radius 3 is 1.70 bits per heavy atom. The Morgan fingerprint density at radius 1 is 0.738 bits per heavy atom. The van der Waals surface area contributed by atoms with Gasteiger partial charge in [-0.1, -0.05) is 19.6 Å². The number of H-pyrrole nitrogens is 2. The van der Waals surface area contributed by atoms with Crippen LogP contribution in [0.3, 0.4) is 0 Å². The summed E-state index contributed by atoms with van der Waals surface area (Å²) in [4.78, 5) is 76.5. The summed E-state index contributed by atoms with van der Waals surface area (Å²) >= 11 is 0. The van der Waals surface area contributed by atoms with Crippen LogP contribution >= 0.6 is 0 Å². The van der Waals surface area contributed by atoms with Crippen molar-refractivity contribution in [3.8, 4) is 0 Å². The third-order valence-corrected chi connectivity index (χ3v) is 12.1. The van der Waals surface area contributed by atoms with Gasteiger partial charge in [0, 0.05) is 70.2 Å². The molecule has 0 radical (unpaired) electrons. The van der Waals surface area contributed by atoms with Crippen molar-refractivity contribution in [2.24, 2.45) is 13.0 Å². The molecule has 2 aliphatic heterocycles. The fourth-order valence-corrected chi connectivity index (χ4v) is 7.95. The zero-order chi connectivity index (χ0) is 42.5. The molecule has 4 fully saturated rings. The van der Waals surface area contributed by atoms with Crippen molar-refractivity contribution < 1.29 is 19.2 Å². The molecule has 0 atom stereocenters. The van der Waals surface area contributed by atoms with Crippen LogP contribution in [0.5, 0.6) is 0 Å². The van der Waals surface area contributed by atoms with Gasteiger partial charge in [-0.25, -0.2) is 19.9 Å². The maximum Gasteiger partial charge on any atom is 0.255 e. The fraction of sp³-hybridized carbons (Fsp3) is 0.465. The third kappa shape index (κ3) is 9.74. The third-order valence-electron chi connectivity index (χ3n) is 12.1. The summed E-state index contributed by atoms with van der Waals surface area (Å²) in [5.74, 6) is 2.06. The van der Waals surface area contributed by atoms with E-state index < -0.39 is 0 Å². The van der Waals surface area contributed by atoms with Gasteiger partial charge in [0.1, 0.15) is 22.7 Å². The molecular weight excluding hydrogens is 777 g/mol. The number of hydrogen-bond donors (Lipinski definition) is 6. The average molecular weight is 831 g/mol. The van der Waals surface area contributed by atoms with E-state index in [1.807, 2.05) is 11.7 Å². The van der Waals surface area contributed by atoms with Gasteiger partial charge in [0.15, 0.2) is 11.3 Å². The first-order chi connectivity index (χ1) is 29.6. The first-order valence-electron chi connectivity index (χ1n) is 21.3. The van der Waals surface area contributed by atoms with Gasteiger partial charge in [-0.15, -0.1) is 0 Å². The van der Waals surface area contributed by atoms with Crippen molar-refractivity contribution in [1.82, 2.24) is 60.1 Å². The number of rotatable bonds is 13. The molecule has 9 rings (SSSR count). The monoisotopic (exact) mass is 830 g/mol. The van der Waals surface area contributed by atoms with E-state index in [-0.39, 0.29) is 35.7 Å². The van der Waals surface area contributed by atoms with Crippen LogP contribution in [0.1, 0.15) is 95.8 Å². The molecule has 7 heterocycles. The lowest BCUT2D eigenvalue weighted by Crippen LogP contribution is -2.41. The lowest BCUT2D eigenvalue weighted by molar-refractivity contribution is -0.127. The van der Waals surface area contributed by atoms with Crippen LogP contribution in [0.2, 0.25) is 0 Å². The van der Waals surface area contributed by atoms with Crippen LogP contribution < -0.4 is 21.3 Å². The van der Waals surface area contributed by atoms with Crippen molar-refractivity contribution in [2.75, 3.05) is 43.4 Å². The van der Waals surface area contributed by atoms with Crippen molar-refractivity contribution >= 4 is 57.6 Å². The quantitative estimate of drug-likeness (QED) is 0.0925. The van der Waals surface area contributed by atoms with Gasteiger partial charge in [-0.3, -0.25) is 23.9 Å². The first-order valence-corrected chi connectivity index (χ1v) is 21.3. The van der Waals surface area contributed by atoms with E-state index in [1.54, 1.807) is 34.6 Å². The molecule has 5 aromatic rings. The fourth-order valence-electron chi connectivity index (χ4n) is 7.95. The number of nitrogens with zero attached hydrogens (tertiary/aromatic N) is 8. The maximum absolute atomic E-state index is 12.9. The Labute approximate surface area is 353 Å². The molecule has 18 nitrogen and oxygen atoms in total. The van der Waals surface area contributed by atoms with Crippen molar-refractivity contribution in [2.45, 2.75) is 82.3 Å². The zero-order valence-corrected chi connectivity index (χ0v) is 34.6. The Morgan fingerprint density at radius 2 is 1.25 bits per heavy atom. The Kier molecular flexibility index (Phi) is 12.4. The van der Waals surface area contributed by atoms with Crippen LogP contribution in [0.25, 0.3) is 22.3 Å². The minimum absolute atomic E-state index is 0.0242. The Balaban J connectivity index is 0.000000173. The molecule has 4 aliphatic rings. The van der Waals surface area contributed by atoms with Crippen LogP contribution in [-0.2, 0) is 23.2 Å². The standard InChI is InChI=1S/C24H30N8O2.C19H24N6O2/c1-3-21(33)32-9-7-16(8-10-32)28-20-14-26-23-22(29-20)18(13-25-23)24(34)27-12-17-11-19(30-31(17)2)15-5-4-6-15;1-2-16(26)25-7-5-13(6-8-25)23-15-11-21-18-17(24-15)14(10-20-18)19(27)22-9-12-3-4-12/h3,11,13-16H,1,4-10,12H2,2H3,(H,25,26)(H,27,34)(H,28,29);2,10-13H,1,3-9H2,(H,20,21)(H,22,27)(H,23,24). The summed E-state index contributed by atoms with van der Waals surface area (Å²) in [5.41, 5.74) is 5.34. The van der Waals surface area contributed by atoms with Gasteiger partial charge in [0.25, 0.3) is 11.8 Å². The second kappa shape index (κ2) is 18.4.